The zero-order valence-corrected chi connectivity index (χ0v) is 13.0. The van der Waals surface area contributed by atoms with Crippen LogP contribution in [0.2, 0.25) is 5.02 Å². The van der Waals surface area contributed by atoms with Gasteiger partial charge in [-0.05, 0) is 61.0 Å². The van der Waals surface area contributed by atoms with Crippen LogP contribution < -0.4 is 5.32 Å². The van der Waals surface area contributed by atoms with E-state index in [4.69, 9.17) is 11.6 Å². The van der Waals surface area contributed by atoms with Gasteiger partial charge in [-0.15, -0.1) is 0 Å². The lowest BCUT2D eigenvalue weighted by Crippen LogP contribution is -2.19. The average molecular weight is 343 g/mol. The summed E-state index contributed by atoms with van der Waals surface area (Å²) < 4.78 is 14.2. The first-order chi connectivity index (χ1) is 9.02. The largest absolute Gasteiger partial charge is 0.309 e. The molecule has 0 bridgehead atoms. The molecule has 0 amide bonds. The molecule has 100 valence electrons. The first kappa shape index (κ1) is 14.5. The van der Waals surface area contributed by atoms with Crippen molar-refractivity contribution < 1.29 is 4.39 Å². The first-order valence-electron chi connectivity index (χ1n) is 5.91. The van der Waals surface area contributed by atoms with Crippen LogP contribution in [0, 0.1) is 12.7 Å². The van der Waals surface area contributed by atoms with E-state index in [0.717, 1.165) is 21.2 Å². The summed E-state index contributed by atoms with van der Waals surface area (Å²) in [6.07, 6.45) is 0. The minimum atomic E-state index is -0.221. The van der Waals surface area contributed by atoms with Crippen molar-refractivity contribution in [2.75, 3.05) is 7.05 Å². The van der Waals surface area contributed by atoms with Crippen LogP contribution in [0.1, 0.15) is 22.7 Å². The summed E-state index contributed by atoms with van der Waals surface area (Å²) in [5.74, 6) is -0.221. The topological polar surface area (TPSA) is 12.0 Å². The van der Waals surface area contributed by atoms with Crippen LogP contribution in [0.15, 0.2) is 40.9 Å². The fourth-order valence-electron chi connectivity index (χ4n) is 2.18. The van der Waals surface area contributed by atoms with Crippen molar-refractivity contribution in [3.8, 4) is 0 Å². The lowest BCUT2D eigenvalue weighted by atomic mass is 9.95. The quantitative estimate of drug-likeness (QED) is 0.840. The summed E-state index contributed by atoms with van der Waals surface area (Å²) in [7, 11) is 1.88. The molecular formula is C15H14BrClFN. The summed E-state index contributed by atoms with van der Waals surface area (Å²) in [5, 5.41) is 3.93. The second-order valence-electron chi connectivity index (χ2n) is 4.39. The highest BCUT2D eigenvalue weighted by atomic mass is 79.9. The van der Waals surface area contributed by atoms with Crippen molar-refractivity contribution in [1.82, 2.24) is 5.32 Å². The summed E-state index contributed by atoms with van der Waals surface area (Å²) in [5.41, 5.74) is 2.97. The van der Waals surface area contributed by atoms with Crippen LogP contribution in [0.4, 0.5) is 4.39 Å². The molecular weight excluding hydrogens is 329 g/mol. The number of hydrogen-bond donors (Lipinski definition) is 1. The second-order valence-corrected chi connectivity index (χ2v) is 5.68. The molecule has 0 spiro atoms. The molecule has 0 aliphatic heterocycles. The van der Waals surface area contributed by atoms with E-state index in [2.05, 4.69) is 21.2 Å². The van der Waals surface area contributed by atoms with E-state index in [9.17, 15) is 4.39 Å². The van der Waals surface area contributed by atoms with E-state index in [1.165, 1.54) is 12.1 Å². The van der Waals surface area contributed by atoms with Crippen molar-refractivity contribution in [1.29, 1.82) is 0 Å². The summed E-state index contributed by atoms with van der Waals surface area (Å²) in [4.78, 5) is 0. The third-order valence-electron chi connectivity index (χ3n) is 3.10. The Morgan fingerprint density at radius 2 is 1.89 bits per heavy atom. The Kier molecular flexibility index (Phi) is 4.61. The van der Waals surface area contributed by atoms with Crippen LogP contribution in [0.3, 0.4) is 0 Å². The van der Waals surface area contributed by atoms with Gasteiger partial charge in [0.25, 0.3) is 0 Å². The molecule has 1 unspecified atom stereocenters. The van der Waals surface area contributed by atoms with Crippen LogP contribution >= 0.6 is 27.5 Å². The van der Waals surface area contributed by atoms with Gasteiger partial charge in [-0.25, -0.2) is 4.39 Å². The van der Waals surface area contributed by atoms with Crippen molar-refractivity contribution >= 4 is 27.5 Å². The zero-order chi connectivity index (χ0) is 14.0. The van der Waals surface area contributed by atoms with Gasteiger partial charge in [0.15, 0.2) is 0 Å². The standard InChI is InChI=1S/C15H14BrClFN/c1-9-7-11(18)4-5-12(9)15(19-2)13-8-10(17)3-6-14(13)16/h3-8,15,19H,1-2H3. The van der Waals surface area contributed by atoms with Gasteiger partial charge < -0.3 is 5.32 Å². The molecule has 0 saturated heterocycles. The molecule has 2 rings (SSSR count). The molecule has 2 aromatic rings. The lowest BCUT2D eigenvalue weighted by Gasteiger charge is -2.21. The molecule has 0 aromatic heterocycles. The van der Waals surface area contributed by atoms with Crippen molar-refractivity contribution in [3.05, 3.63) is 68.4 Å². The molecule has 0 radical (unpaired) electrons. The monoisotopic (exact) mass is 341 g/mol. The number of nitrogens with one attached hydrogen (secondary N) is 1. The van der Waals surface area contributed by atoms with Crippen molar-refractivity contribution in [2.24, 2.45) is 0 Å². The Bertz CT molecular complexity index is 601. The maximum absolute atomic E-state index is 13.2. The van der Waals surface area contributed by atoms with Gasteiger partial charge in [0.2, 0.25) is 0 Å². The molecule has 2 aromatic carbocycles. The van der Waals surface area contributed by atoms with Crippen molar-refractivity contribution in [2.45, 2.75) is 13.0 Å². The highest BCUT2D eigenvalue weighted by molar-refractivity contribution is 9.10. The third-order valence-corrected chi connectivity index (χ3v) is 4.06. The Balaban J connectivity index is 2.52. The fourth-order valence-corrected chi connectivity index (χ4v) is 2.83. The Morgan fingerprint density at radius 1 is 1.16 bits per heavy atom. The number of hydrogen-bond acceptors (Lipinski definition) is 1. The van der Waals surface area contributed by atoms with Gasteiger partial charge in [-0.3, -0.25) is 0 Å². The molecule has 1 N–H and O–H groups in total. The maximum atomic E-state index is 13.2. The molecule has 0 saturated carbocycles. The first-order valence-corrected chi connectivity index (χ1v) is 7.08. The number of rotatable bonds is 3. The third kappa shape index (κ3) is 3.16. The zero-order valence-electron chi connectivity index (χ0n) is 10.7. The lowest BCUT2D eigenvalue weighted by molar-refractivity contribution is 0.621. The number of benzene rings is 2. The maximum Gasteiger partial charge on any atom is 0.123 e. The predicted octanol–water partition coefficient (Wildman–Crippen LogP) is 4.86. The molecule has 0 fully saturated rings. The van der Waals surface area contributed by atoms with Crippen molar-refractivity contribution in [3.63, 3.8) is 0 Å². The predicted molar refractivity (Wildman–Crippen MR) is 81.2 cm³/mol. The van der Waals surface area contributed by atoms with Gasteiger partial charge in [0.1, 0.15) is 5.82 Å². The van der Waals surface area contributed by atoms with Gasteiger partial charge in [0, 0.05) is 9.50 Å². The SMILES string of the molecule is CNC(c1ccc(F)cc1C)c1cc(Cl)ccc1Br. The van der Waals surface area contributed by atoms with E-state index < -0.39 is 0 Å². The van der Waals surface area contributed by atoms with E-state index in [1.807, 2.05) is 32.2 Å². The van der Waals surface area contributed by atoms with Crippen LogP contribution in [-0.2, 0) is 0 Å². The van der Waals surface area contributed by atoms with Gasteiger partial charge in [-0.1, -0.05) is 33.6 Å². The normalized spacial score (nSPS) is 12.5. The summed E-state index contributed by atoms with van der Waals surface area (Å²) >= 11 is 9.60. The molecule has 1 atom stereocenters. The van der Waals surface area contributed by atoms with Gasteiger partial charge >= 0.3 is 0 Å². The van der Waals surface area contributed by atoms with Crippen LogP contribution in [0.25, 0.3) is 0 Å². The van der Waals surface area contributed by atoms with E-state index in [1.54, 1.807) is 6.07 Å². The fraction of sp³-hybridized carbons (Fsp3) is 0.200. The van der Waals surface area contributed by atoms with Gasteiger partial charge in [0.05, 0.1) is 6.04 Å². The van der Waals surface area contributed by atoms with Crippen LogP contribution in [0.5, 0.6) is 0 Å². The molecule has 0 aliphatic rings. The molecule has 4 heteroatoms. The van der Waals surface area contributed by atoms with E-state index >= 15 is 0 Å². The Hall–Kier alpha value is -0.900. The Labute approximate surface area is 125 Å². The smallest absolute Gasteiger partial charge is 0.123 e. The van der Waals surface area contributed by atoms with Crippen LogP contribution in [-0.4, -0.2) is 7.05 Å². The number of halogens is 3. The summed E-state index contributed by atoms with van der Waals surface area (Å²) in [6.45, 7) is 1.90. The molecule has 19 heavy (non-hydrogen) atoms. The molecule has 1 nitrogen and oxygen atoms in total. The Morgan fingerprint density at radius 3 is 2.53 bits per heavy atom. The summed E-state index contributed by atoms with van der Waals surface area (Å²) in [6, 6.07) is 10.5. The van der Waals surface area contributed by atoms with Gasteiger partial charge in [-0.2, -0.15) is 0 Å². The van der Waals surface area contributed by atoms with E-state index in [0.29, 0.717) is 5.02 Å². The molecule has 0 aliphatic carbocycles. The highest BCUT2D eigenvalue weighted by Gasteiger charge is 2.17. The second kappa shape index (κ2) is 6.04. The molecule has 0 heterocycles. The number of aryl methyl sites for hydroxylation is 1. The van der Waals surface area contributed by atoms with E-state index in [-0.39, 0.29) is 11.9 Å². The minimum absolute atomic E-state index is 0.0336. The average Bonchev–Trinajstić information content (AvgIpc) is 2.36. The highest BCUT2D eigenvalue weighted by Crippen LogP contribution is 2.32. The minimum Gasteiger partial charge on any atom is -0.309 e.